The van der Waals surface area contributed by atoms with Gasteiger partial charge in [-0.2, -0.15) is 13.2 Å². The third-order valence-electron chi connectivity index (χ3n) is 6.02. The second-order valence-corrected chi connectivity index (χ2v) is 13.1. The number of hydrogen-bond donors (Lipinski definition) is 5. The van der Waals surface area contributed by atoms with Crippen molar-refractivity contribution in [2.75, 3.05) is 28.7 Å². The Hall–Kier alpha value is -3.32. The number of carbonyl (C=O) groups is 4. The van der Waals surface area contributed by atoms with E-state index in [4.69, 9.17) is 44.6 Å². The van der Waals surface area contributed by atoms with Crippen LogP contribution in [0.1, 0.15) is 6.92 Å². The summed E-state index contributed by atoms with van der Waals surface area (Å²) in [6, 6.07) is 5.75. The summed E-state index contributed by atoms with van der Waals surface area (Å²) in [6.45, 7) is 2.57. The molecule has 1 saturated heterocycles. The zero-order valence-corrected chi connectivity index (χ0v) is 27.5. The first-order chi connectivity index (χ1) is 21.5. The van der Waals surface area contributed by atoms with Gasteiger partial charge in [0.15, 0.2) is 0 Å². The van der Waals surface area contributed by atoms with Crippen LogP contribution in [0.15, 0.2) is 57.7 Å². The van der Waals surface area contributed by atoms with Crippen molar-refractivity contribution in [1.82, 2.24) is 15.2 Å². The normalized spacial score (nSPS) is 17.6. The fourth-order valence-electron chi connectivity index (χ4n) is 4.00. The number of aliphatic carboxylic acids is 2. The summed E-state index contributed by atoms with van der Waals surface area (Å²) in [7, 11) is 0. The minimum atomic E-state index is -5.08. The molecule has 0 aliphatic carbocycles. The lowest BCUT2D eigenvalue weighted by atomic mass is 10.0. The van der Waals surface area contributed by atoms with Gasteiger partial charge in [0, 0.05) is 21.4 Å². The zero-order valence-electron chi connectivity index (χ0n) is 23.6. The molecule has 12 nitrogen and oxygen atoms in total. The number of nitrogens with one attached hydrogen (secondary N) is 1. The van der Waals surface area contributed by atoms with Crippen LogP contribution in [0, 0.1) is 0 Å². The van der Waals surface area contributed by atoms with E-state index in [1.165, 1.54) is 40.2 Å². The van der Waals surface area contributed by atoms with E-state index in [1.54, 1.807) is 30.3 Å². The number of fused-ring (bicyclic) bond motifs is 1. The molecule has 2 amide bonds. The first-order valence-electron chi connectivity index (χ1n) is 12.9. The Morgan fingerprint density at radius 2 is 1.89 bits per heavy atom. The molecule has 46 heavy (non-hydrogen) atoms. The van der Waals surface area contributed by atoms with Crippen molar-refractivity contribution in [3.05, 3.63) is 57.7 Å². The quantitative estimate of drug-likeness (QED) is 0.103. The van der Waals surface area contributed by atoms with Gasteiger partial charge < -0.3 is 27.0 Å². The van der Waals surface area contributed by atoms with E-state index in [0.29, 0.717) is 55.4 Å². The Morgan fingerprint density at radius 1 is 1.22 bits per heavy atom. The number of amides is 2. The molecule has 1 unspecified atom stereocenters. The lowest BCUT2D eigenvalue weighted by molar-refractivity contribution is -0.719. The molecular formula is C26H26Cl2F3N6O6S3+. The first kappa shape index (κ1) is 37.1. The van der Waals surface area contributed by atoms with Gasteiger partial charge in [0.2, 0.25) is 17.5 Å². The summed E-state index contributed by atoms with van der Waals surface area (Å²) >= 11 is 16.1. The third-order valence-corrected chi connectivity index (χ3v) is 9.98. The summed E-state index contributed by atoms with van der Waals surface area (Å²) in [5.74, 6) is -3.08. The highest BCUT2D eigenvalue weighted by Crippen LogP contribution is 2.41. The first-order valence-corrected chi connectivity index (χ1v) is 16.7. The number of β-lactam (4-membered cyclic amide) rings is 1. The number of alkyl halides is 3. The van der Waals surface area contributed by atoms with Crippen LogP contribution in [0.4, 0.5) is 24.8 Å². The molecule has 7 N–H and O–H groups in total. The van der Waals surface area contributed by atoms with E-state index >= 15 is 0 Å². The van der Waals surface area contributed by atoms with Crippen LogP contribution in [-0.4, -0.2) is 78.7 Å². The number of aromatic nitrogens is 2. The molecule has 1 aromatic carbocycles. The van der Waals surface area contributed by atoms with Crippen molar-refractivity contribution in [2.24, 2.45) is 0 Å². The summed E-state index contributed by atoms with van der Waals surface area (Å²) < 4.78 is 33.6. The highest BCUT2D eigenvalue weighted by Gasteiger charge is 2.53. The number of thioether (sulfide) groups is 3. The Bertz CT molecular complexity index is 1600. The lowest BCUT2D eigenvalue weighted by Crippen LogP contribution is -2.70. The summed E-state index contributed by atoms with van der Waals surface area (Å²) in [5.41, 5.74) is 12.3. The van der Waals surface area contributed by atoms with Crippen LogP contribution in [0.2, 0.25) is 10.0 Å². The van der Waals surface area contributed by atoms with Crippen LogP contribution in [0.5, 0.6) is 0 Å². The largest absolute Gasteiger partial charge is 0.490 e. The fraction of sp³-hybridized carbons (Fsp3) is 0.308. The number of anilines is 2. The van der Waals surface area contributed by atoms with Crippen LogP contribution >= 0.6 is 58.5 Å². The maximum atomic E-state index is 12.9. The Kier molecular flexibility index (Phi) is 12.9. The van der Waals surface area contributed by atoms with Crippen molar-refractivity contribution in [2.45, 2.75) is 41.1 Å². The number of nitrogen functional groups attached to an aromatic ring is 2. The van der Waals surface area contributed by atoms with Crippen molar-refractivity contribution in [3.8, 4) is 0 Å². The van der Waals surface area contributed by atoms with E-state index in [1.807, 2.05) is 17.6 Å². The van der Waals surface area contributed by atoms with Gasteiger partial charge in [-0.05, 0) is 42.5 Å². The average molecular weight is 743 g/mol. The molecule has 1 aromatic heterocycles. The molecule has 248 valence electrons. The van der Waals surface area contributed by atoms with E-state index in [0.717, 1.165) is 0 Å². The highest BCUT2D eigenvalue weighted by molar-refractivity contribution is 8.00. The number of allylic oxidation sites excluding steroid dienone is 1. The molecule has 20 heteroatoms. The molecular weight excluding hydrogens is 716 g/mol. The number of carboxylic acids is 2. The monoisotopic (exact) mass is 741 g/mol. The maximum absolute atomic E-state index is 12.9. The van der Waals surface area contributed by atoms with Gasteiger partial charge in [-0.3, -0.25) is 14.5 Å². The van der Waals surface area contributed by atoms with Crippen LogP contribution in [-0.2, 0) is 25.7 Å². The van der Waals surface area contributed by atoms with E-state index in [9.17, 15) is 32.7 Å². The van der Waals surface area contributed by atoms with E-state index in [-0.39, 0.29) is 17.4 Å². The smallest absolute Gasteiger partial charge is 0.477 e. The predicted molar refractivity (Wildman–Crippen MR) is 169 cm³/mol. The molecule has 2 aliphatic rings. The van der Waals surface area contributed by atoms with Crippen LogP contribution in [0.3, 0.4) is 0 Å². The van der Waals surface area contributed by atoms with E-state index < -0.39 is 35.4 Å². The molecule has 0 spiro atoms. The Balaban J connectivity index is 0.000000738. The van der Waals surface area contributed by atoms with Gasteiger partial charge in [-0.15, -0.1) is 23.5 Å². The van der Waals surface area contributed by atoms with Crippen molar-refractivity contribution >= 4 is 93.9 Å². The molecule has 2 atom stereocenters. The SMILES string of the molecule is CC[n+]1c(N)cc(N)nc1SC/C=C/C1=C(C(=O)O)N2C(=O)[C@@H](NC(=O)CSc3cc(Cl)ccc3Cl)C2SC1.O=C(O)C(F)(F)F. The number of hydrogen-bond acceptors (Lipinski definition) is 10. The summed E-state index contributed by atoms with van der Waals surface area (Å²) in [5, 5.41) is 20.9. The maximum Gasteiger partial charge on any atom is 0.490 e. The van der Waals surface area contributed by atoms with Crippen LogP contribution in [0.25, 0.3) is 0 Å². The van der Waals surface area contributed by atoms with Crippen molar-refractivity contribution in [3.63, 3.8) is 0 Å². The van der Waals surface area contributed by atoms with Crippen LogP contribution < -0.4 is 21.4 Å². The lowest BCUT2D eigenvalue weighted by Gasteiger charge is -2.49. The van der Waals surface area contributed by atoms with Gasteiger partial charge in [0.05, 0.1) is 23.4 Å². The number of carboxylic acid groups (broad SMARTS) is 2. The summed E-state index contributed by atoms with van der Waals surface area (Å²) in [6.07, 6.45) is -1.57. The topological polar surface area (TPSA) is 193 Å². The number of nitrogens with zero attached hydrogens (tertiary/aromatic N) is 3. The molecule has 0 saturated carbocycles. The minimum absolute atomic E-state index is 0.0279. The third kappa shape index (κ3) is 9.37. The number of halogens is 5. The zero-order chi connectivity index (χ0) is 34.3. The standard InChI is InChI=1S/C24H24Cl2N6O4S3.C2HF3O2/c1-2-31-17(28)9-16(27)29-24(31)37-7-3-4-12-10-39-22-19(21(34)32(22)20(12)23(35)36)30-18(33)11-38-15-8-13(25)5-6-14(15)26;3-2(4,5)1(6)7/h3-6,8-9,19,22H,2,7,10-11H2,1H3,(H5,27,28,30,33,35,36);(H,6,7)/p+1/b4-3+;/t19-,22?;/m1./s1. The Labute approximate surface area is 282 Å². The van der Waals surface area contributed by atoms with Gasteiger partial charge in [-0.25, -0.2) is 14.2 Å². The molecule has 2 aromatic rings. The van der Waals surface area contributed by atoms with Gasteiger partial charge in [-0.1, -0.05) is 40.3 Å². The molecule has 3 heterocycles. The molecule has 0 bridgehead atoms. The molecule has 1 fully saturated rings. The van der Waals surface area contributed by atoms with Gasteiger partial charge >= 0.3 is 23.3 Å². The highest BCUT2D eigenvalue weighted by atomic mass is 35.5. The van der Waals surface area contributed by atoms with E-state index in [2.05, 4.69) is 10.3 Å². The average Bonchev–Trinajstić information content (AvgIpc) is 2.97. The molecule has 0 radical (unpaired) electrons. The predicted octanol–water partition coefficient (Wildman–Crippen LogP) is 3.67. The van der Waals surface area contributed by atoms with Gasteiger partial charge in [0.25, 0.3) is 5.91 Å². The number of benzene rings is 1. The van der Waals surface area contributed by atoms with Crippen molar-refractivity contribution < 1.29 is 47.1 Å². The van der Waals surface area contributed by atoms with Crippen molar-refractivity contribution in [1.29, 1.82) is 0 Å². The fourth-order valence-corrected chi connectivity index (χ4v) is 7.53. The van der Waals surface area contributed by atoms with Gasteiger partial charge in [0.1, 0.15) is 17.1 Å². The number of carbonyl (C=O) groups excluding carboxylic acids is 2. The summed E-state index contributed by atoms with van der Waals surface area (Å²) in [4.78, 5) is 52.7. The second kappa shape index (κ2) is 16.0. The Morgan fingerprint density at radius 3 is 2.50 bits per heavy atom. The molecule has 4 rings (SSSR count). The second-order valence-electron chi connectivity index (χ2n) is 9.15. The number of rotatable bonds is 10. The molecule has 2 aliphatic heterocycles. The minimum Gasteiger partial charge on any atom is -0.477 e. The number of nitrogens with two attached hydrogens (primary N) is 2.